The highest BCUT2D eigenvalue weighted by Gasteiger charge is 2.33. The summed E-state index contributed by atoms with van der Waals surface area (Å²) in [5.74, 6) is -0.984. The number of carboxylic acid groups (broad SMARTS) is 1. The normalized spacial score (nSPS) is 19.2. The number of fused-ring (bicyclic) bond motifs is 2. The third-order valence-corrected chi connectivity index (χ3v) is 9.11. The van der Waals surface area contributed by atoms with Gasteiger partial charge in [0, 0.05) is 49.8 Å². The first-order valence-corrected chi connectivity index (χ1v) is 14.2. The van der Waals surface area contributed by atoms with Crippen LogP contribution in [-0.4, -0.2) is 67.5 Å². The summed E-state index contributed by atoms with van der Waals surface area (Å²) in [6, 6.07) is 4.57. The van der Waals surface area contributed by atoms with Crippen molar-refractivity contribution in [3.63, 3.8) is 0 Å². The average molecular weight is 518 g/mol. The van der Waals surface area contributed by atoms with Gasteiger partial charge in [0.05, 0.1) is 16.0 Å². The quantitative estimate of drug-likeness (QED) is 0.490. The molecule has 4 rings (SSSR count). The van der Waals surface area contributed by atoms with E-state index in [0.717, 1.165) is 30.5 Å². The molecule has 2 aliphatic rings. The Morgan fingerprint density at radius 2 is 1.97 bits per heavy atom. The Bertz CT molecular complexity index is 1240. The molecule has 1 aliphatic carbocycles. The van der Waals surface area contributed by atoms with Crippen molar-refractivity contribution in [2.24, 2.45) is 11.8 Å². The number of hydrogen-bond acceptors (Lipinski definition) is 6. The van der Waals surface area contributed by atoms with E-state index in [2.05, 4.69) is 17.2 Å². The fourth-order valence-corrected chi connectivity index (χ4v) is 6.68. The highest BCUT2D eigenvalue weighted by Crippen LogP contribution is 2.33. The Morgan fingerprint density at radius 3 is 2.67 bits per heavy atom. The minimum Gasteiger partial charge on any atom is -0.478 e. The van der Waals surface area contributed by atoms with Crippen LogP contribution in [0.5, 0.6) is 0 Å². The van der Waals surface area contributed by atoms with Crippen molar-refractivity contribution in [2.75, 3.05) is 32.8 Å². The van der Waals surface area contributed by atoms with Gasteiger partial charge in [-0.05, 0) is 75.1 Å². The van der Waals surface area contributed by atoms with Crippen LogP contribution in [0.25, 0.3) is 10.9 Å². The van der Waals surface area contributed by atoms with Crippen LogP contribution in [0.3, 0.4) is 0 Å². The second-order valence-corrected chi connectivity index (χ2v) is 11.7. The summed E-state index contributed by atoms with van der Waals surface area (Å²) in [7, 11) is -3.84. The summed E-state index contributed by atoms with van der Waals surface area (Å²) in [6.45, 7) is 6.27. The molecule has 2 heterocycles. The lowest BCUT2D eigenvalue weighted by molar-refractivity contribution is -0.126. The second kappa shape index (κ2) is 11.2. The van der Waals surface area contributed by atoms with Crippen molar-refractivity contribution < 1.29 is 27.9 Å². The predicted octanol–water partition coefficient (Wildman–Crippen LogP) is 3.00. The topological polar surface area (TPSA) is 126 Å². The van der Waals surface area contributed by atoms with E-state index in [9.17, 15) is 23.1 Å². The van der Waals surface area contributed by atoms with Gasteiger partial charge in [-0.15, -0.1) is 0 Å². The summed E-state index contributed by atoms with van der Waals surface area (Å²) in [6.07, 6.45) is 3.93. The van der Waals surface area contributed by atoms with Crippen LogP contribution in [0.4, 0.5) is 0 Å². The molecule has 196 valence electrons. The molecule has 2 aromatic rings. The first kappa shape index (κ1) is 26.5. The summed E-state index contributed by atoms with van der Waals surface area (Å²) >= 11 is 0. The van der Waals surface area contributed by atoms with E-state index < -0.39 is 16.0 Å². The molecule has 1 fully saturated rings. The van der Waals surface area contributed by atoms with E-state index in [1.165, 1.54) is 16.4 Å². The van der Waals surface area contributed by atoms with Crippen LogP contribution in [0.15, 0.2) is 23.1 Å². The lowest BCUT2D eigenvalue weighted by Crippen LogP contribution is -2.43. The van der Waals surface area contributed by atoms with Crippen molar-refractivity contribution in [3.8, 4) is 0 Å². The summed E-state index contributed by atoms with van der Waals surface area (Å²) in [4.78, 5) is 29.4. The van der Waals surface area contributed by atoms with Gasteiger partial charge in [-0.3, -0.25) is 9.78 Å². The smallest absolute Gasteiger partial charge is 0.336 e. The van der Waals surface area contributed by atoms with Gasteiger partial charge in [-0.25, -0.2) is 13.2 Å². The molecule has 1 aromatic heterocycles. The number of ether oxygens (including phenoxy) is 1. The van der Waals surface area contributed by atoms with Crippen LogP contribution < -0.4 is 5.32 Å². The number of nitrogens with one attached hydrogen (secondary N) is 1. The molecule has 0 saturated carbocycles. The largest absolute Gasteiger partial charge is 0.478 e. The number of piperidine rings is 1. The number of nitrogens with zero attached hydrogens (tertiary/aromatic N) is 2. The van der Waals surface area contributed by atoms with Gasteiger partial charge in [0.2, 0.25) is 15.9 Å². The van der Waals surface area contributed by atoms with Gasteiger partial charge in [0.25, 0.3) is 0 Å². The lowest BCUT2D eigenvalue weighted by atomic mass is 9.84. The zero-order chi connectivity index (χ0) is 25.9. The van der Waals surface area contributed by atoms with Crippen molar-refractivity contribution in [2.45, 2.75) is 57.3 Å². The van der Waals surface area contributed by atoms with Gasteiger partial charge in [-0.1, -0.05) is 6.92 Å². The number of rotatable bonds is 9. The number of carbonyl (C=O) groups is 2. The Hall–Kier alpha value is -2.56. The number of benzene rings is 1. The van der Waals surface area contributed by atoms with E-state index in [0.29, 0.717) is 55.8 Å². The van der Waals surface area contributed by atoms with Crippen LogP contribution >= 0.6 is 0 Å². The number of aryl methyl sites for hydroxylation is 1. The molecule has 1 saturated heterocycles. The Balaban J connectivity index is 1.50. The van der Waals surface area contributed by atoms with Crippen LogP contribution in [0.2, 0.25) is 0 Å². The molecule has 0 radical (unpaired) electrons. The number of aromatic nitrogens is 1. The zero-order valence-corrected chi connectivity index (χ0v) is 21.8. The van der Waals surface area contributed by atoms with Gasteiger partial charge in [0.1, 0.15) is 0 Å². The third-order valence-electron chi connectivity index (χ3n) is 7.21. The molecule has 1 amide bonds. The molecule has 2 N–H and O–H groups in total. The molecule has 0 bridgehead atoms. The summed E-state index contributed by atoms with van der Waals surface area (Å²) < 4.78 is 33.6. The summed E-state index contributed by atoms with van der Waals surface area (Å²) in [5.41, 5.74) is 2.18. The second-order valence-electron chi connectivity index (χ2n) is 9.76. The molecule has 36 heavy (non-hydrogen) atoms. The molecular weight excluding hydrogens is 482 g/mol. The molecule has 1 aromatic carbocycles. The minimum atomic E-state index is -3.84. The van der Waals surface area contributed by atoms with E-state index in [4.69, 9.17) is 4.74 Å². The number of hydrogen-bond donors (Lipinski definition) is 2. The fraction of sp³-hybridized carbons (Fsp3) is 0.577. The highest BCUT2D eigenvalue weighted by molar-refractivity contribution is 7.89. The molecule has 0 unspecified atom stereocenters. The first-order chi connectivity index (χ1) is 17.2. The maximum absolute atomic E-state index is 13.4. The lowest BCUT2D eigenvalue weighted by Gasteiger charge is -2.30. The maximum Gasteiger partial charge on any atom is 0.336 e. The van der Waals surface area contributed by atoms with E-state index in [-0.39, 0.29) is 35.4 Å². The minimum absolute atomic E-state index is 0.0505. The maximum atomic E-state index is 13.4. The number of aromatic carboxylic acids is 1. The van der Waals surface area contributed by atoms with Crippen LogP contribution in [0, 0.1) is 11.8 Å². The van der Waals surface area contributed by atoms with Crippen molar-refractivity contribution in [1.82, 2.24) is 14.6 Å². The van der Waals surface area contributed by atoms with Gasteiger partial charge in [-0.2, -0.15) is 4.31 Å². The molecule has 10 heteroatoms. The first-order valence-electron chi connectivity index (χ1n) is 12.8. The number of carbonyl (C=O) groups excluding carboxylic acids is 1. The molecule has 0 spiro atoms. The van der Waals surface area contributed by atoms with Gasteiger partial charge >= 0.3 is 5.97 Å². The fourth-order valence-electron chi connectivity index (χ4n) is 5.18. The zero-order valence-electron chi connectivity index (χ0n) is 21.0. The standard InChI is InChI=1S/C26H35N3O6S/c1-3-35-14-4-11-27-25(30)18-9-12-29(13-10-18)36(33,34)19-6-8-23-21(16-19)24(26(31)32)20-15-17(2)5-7-22(20)28-23/h6,8,16-18H,3-5,7,9-15H2,1-2H3,(H,27,30)(H,31,32)/t17-/m0/s1. The molecule has 1 atom stereocenters. The number of sulfonamides is 1. The molecular formula is C26H35N3O6S. The Labute approximate surface area is 212 Å². The Morgan fingerprint density at radius 1 is 1.22 bits per heavy atom. The van der Waals surface area contributed by atoms with Gasteiger partial charge in [0.15, 0.2) is 0 Å². The molecule has 1 aliphatic heterocycles. The summed E-state index contributed by atoms with van der Waals surface area (Å²) in [5, 5.41) is 13.3. The van der Waals surface area contributed by atoms with Gasteiger partial charge < -0.3 is 15.2 Å². The average Bonchev–Trinajstić information content (AvgIpc) is 2.86. The number of carboxylic acids is 1. The van der Waals surface area contributed by atoms with E-state index in [1.807, 2.05) is 6.92 Å². The SMILES string of the molecule is CCOCCCNC(=O)C1CCN(S(=O)(=O)c2ccc3nc4c(c(C(=O)O)c3c2)C[C@@H](C)CC4)CC1. The van der Waals surface area contributed by atoms with E-state index in [1.54, 1.807) is 6.07 Å². The number of pyridine rings is 1. The van der Waals surface area contributed by atoms with Crippen molar-refractivity contribution in [3.05, 3.63) is 35.0 Å². The van der Waals surface area contributed by atoms with Crippen LogP contribution in [-0.2, 0) is 32.4 Å². The Kier molecular flexibility index (Phi) is 8.27. The van der Waals surface area contributed by atoms with E-state index >= 15 is 0 Å². The number of amides is 1. The monoisotopic (exact) mass is 517 g/mol. The molecule has 9 nitrogen and oxygen atoms in total. The predicted molar refractivity (Wildman–Crippen MR) is 135 cm³/mol. The van der Waals surface area contributed by atoms with Crippen molar-refractivity contribution >= 4 is 32.8 Å². The third kappa shape index (κ3) is 5.55. The van der Waals surface area contributed by atoms with Crippen molar-refractivity contribution in [1.29, 1.82) is 0 Å². The highest BCUT2D eigenvalue weighted by atomic mass is 32.2. The van der Waals surface area contributed by atoms with Crippen LogP contribution in [0.1, 0.15) is 61.1 Å².